The summed E-state index contributed by atoms with van der Waals surface area (Å²) in [4.78, 5) is 31.1. The fraction of sp³-hybridized carbons (Fsp3) is 0.190. The van der Waals surface area contributed by atoms with Crippen LogP contribution in [0.5, 0.6) is 0 Å². The summed E-state index contributed by atoms with van der Waals surface area (Å²) in [7, 11) is 0. The van der Waals surface area contributed by atoms with Gasteiger partial charge in [-0.05, 0) is 6.07 Å². The molecule has 6 heteroatoms. The lowest BCUT2D eigenvalue weighted by atomic mass is 10.0. The number of carbonyl (C=O) groups excluding carboxylic acids is 2. The maximum absolute atomic E-state index is 13.0. The average molecular weight is 363 g/mol. The Morgan fingerprint density at radius 2 is 1.89 bits per heavy atom. The smallest absolute Gasteiger partial charge is 0.254 e. The summed E-state index contributed by atoms with van der Waals surface area (Å²) in [6.45, 7) is 3.29. The fourth-order valence-electron chi connectivity index (χ4n) is 2.98. The van der Waals surface area contributed by atoms with Crippen molar-refractivity contribution >= 4 is 23.2 Å². The van der Waals surface area contributed by atoms with Crippen LogP contribution in [0.3, 0.4) is 0 Å². The van der Waals surface area contributed by atoms with Gasteiger partial charge in [0.25, 0.3) is 5.91 Å². The van der Waals surface area contributed by atoms with Gasteiger partial charge >= 0.3 is 0 Å². The Labute approximate surface area is 157 Å². The number of anilines is 1. The number of aliphatic hydroxyl groups excluding tert-OH is 1. The summed E-state index contributed by atoms with van der Waals surface area (Å²) < 4.78 is 0. The first-order valence-electron chi connectivity index (χ1n) is 8.68. The SMILES string of the molecule is C=CCNC(=O)CN1C(=O)[C@@H](CO)N=C(c2ccccc2)c2ccccc21. The van der Waals surface area contributed by atoms with E-state index in [0.29, 0.717) is 17.9 Å². The molecule has 0 unspecified atom stereocenters. The minimum absolute atomic E-state index is 0.155. The molecule has 0 aromatic heterocycles. The van der Waals surface area contributed by atoms with Gasteiger partial charge in [-0.2, -0.15) is 0 Å². The van der Waals surface area contributed by atoms with E-state index in [9.17, 15) is 14.7 Å². The van der Waals surface area contributed by atoms with Gasteiger partial charge in [-0.15, -0.1) is 6.58 Å². The Morgan fingerprint density at radius 3 is 2.59 bits per heavy atom. The predicted molar refractivity (Wildman–Crippen MR) is 105 cm³/mol. The Morgan fingerprint density at radius 1 is 1.19 bits per heavy atom. The van der Waals surface area contributed by atoms with Crippen LogP contribution >= 0.6 is 0 Å². The molecular weight excluding hydrogens is 342 g/mol. The van der Waals surface area contributed by atoms with Crippen LogP contribution < -0.4 is 10.2 Å². The third kappa shape index (κ3) is 3.96. The largest absolute Gasteiger partial charge is 0.394 e. The molecule has 0 aliphatic carbocycles. The maximum atomic E-state index is 13.0. The van der Waals surface area contributed by atoms with Crippen molar-refractivity contribution in [2.75, 3.05) is 24.6 Å². The van der Waals surface area contributed by atoms with Gasteiger partial charge in [-0.3, -0.25) is 14.6 Å². The number of aliphatic imine (C=N–C) groups is 1. The molecule has 6 nitrogen and oxygen atoms in total. The number of amides is 2. The number of hydrogen-bond donors (Lipinski definition) is 2. The zero-order chi connectivity index (χ0) is 19.2. The van der Waals surface area contributed by atoms with E-state index in [1.54, 1.807) is 12.1 Å². The van der Waals surface area contributed by atoms with Crippen molar-refractivity contribution in [3.63, 3.8) is 0 Å². The quantitative estimate of drug-likeness (QED) is 0.764. The summed E-state index contributed by atoms with van der Waals surface area (Å²) in [5.41, 5.74) is 2.79. The Hall–Kier alpha value is -3.25. The zero-order valence-electron chi connectivity index (χ0n) is 14.8. The van der Waals surface area contributed by atoms with Crippen molar-refractivity contribution in [3.8, 4) is 0 Å². The van der Waals surface area contributed by atoms with E-state index in [0.717, 1.165) is 11.1 Å². The van der Waals surface area contributed by atoms with Gasteiger partial charge in [0.1, 0.15) is 6.54 Å². The van der Waals surface area contributed by atoms with E-state index < -0.39 is 18.6 Å². The molecular formula is C21H21N3O3. The first-order valence-corrected chi connectivity index (χ1v) is 8.68. The van der Waals surface area contributed by atoms with Gasteiger partial charge in [0.15, 0.2) is 6.04 Å². The Bertz CT molecular complexity index is 877. The van der Waals surface area contributed by atoms with Crippen molar-refractivity contribution in [1.29, 1.82) is 0 Å². The van der Waals surface area contributed by atoms with E-state index in [1.165, 1.54) is 4.90 Å². The molecule has 0 bridgehead atoms. The highest BCUT2D eigenvalue weighted by molar-refractivity contribution is 6.20. The monoisotopic (exact) mass is 363 g/mol. The molecule has 1 aliphatic rings. The molecule has 2 N–H and O–H groups in total. The molecule has 0 spiro atoms. The van der Waals surface area contributed by atoms with Crippen molar-refractivity contribution < 1.29 is 14.7 Å². The molecule has 2 amide bonds. The minimum Gasteiger partial charge on any atom is -0.394 e. The van der Waals surface area contributed by atoms with E-state index in [-0.39, 0.29) is 12.5 Å². The summed E-state index contributed by atoms with van der Waals surface area (Å²) in [5.74, 6) is -0.720. The average Bonchev–Trinajstić information content (AvgIpc) is 2.82. The number of benzene rings is 2. The molecule has 0 fully saturated rings. The number of rotatable bonds is 6. The van der Waals surface area contributed by atoms with Crippen LogP contribution in [0.15, 0.2) is 72.2 Å². The number of benzodiazepines with no additional fused rings is 1. The van der Waals surface area contributed by atoms with Crippen LogP contribution in [0.25, 0.3) is 0 Å². The van der Waals surface area contributed by atoms with Crippen molar-refractivity contribution in [2.24, 2.45) is 4.99 Å². The van der Waals surface area contributed by atoms with Crippen molar-refractivity contribution in [3.05, 3.63) is 78.4 Å². The van der Waals surface area contributed by atoms with E-state index in [1.807, 2.05) is 48.5 Å². The lowest BCUT2D eigenvalue weighted by Gasteiger charge is -2.24. The number of para-hydroxylation sites is 1. The number of nitrogens with zero attached hydrogens (tertiary/aromatic N) is 2. The van der Waals surface area contributed by atoms with Crippen LogP contribution in [0.4, 0.5) is 5.69 Å². The second-order valence-electron chi connectivity index (χ2n) is 6.08. The summed E-state index contributed by atoms with van der Waals surface area (Å²) in [6.07, 6.45) is 1.57. The first kappa shape index (κ1) is 18.5. The van der Waals surface area contributed by atoms with Crippen molar-refractivity contribution in [2.45, 2.75) is 6.04 Å². The molecule has 0 saturated carbocycles. The van der Waals surface area contributed by atoms with Crippen LogP contribution in [-0.2, 0) is 9.59 Å². The van der Waals surface area contributed by atoms with E-state index in [2.05, 4.69) is 16.9 Å². The van der Waals surface area contributed by atoms with Crippen LogP contribution in [-0.4, -0.2) is 48.4 Å². The predicted octanol–water partition coefficient (Wildman–Crippen LogP) is 1.53. The number of aliphatic hydroxyl groups is 1. The lowest BCUT2D eigenvalue weighted by Crippen LogP contribution is -2.45. The van der Waals surface area contributed by atoms with E-state index in [4.69, 9.17) is 0 Å². The number of hydrogen-bond acceptors (Lipinski definition) is 4. The number of carbonyl (C=O) groups is 2. The van der Waals surface area contributed by atoms with Crippen LogP contribution in [0.1, 0.15) is 11.1 Å². The standard InChI is InChI=1S/C21H21N3O3/c1-2-12-22-19(26)13-24-18-11-7-6-10-16(18)20(15-8-4-3-5-9-15)23-17(14-25)21(24)27/h2-11,17,25H,1,12-14H2,(H,22,26)/t17-/m1/s1. The Kier molecular flexibility index (Phi) is 5.78. The molecule has 27 heavy (non-hydrogen) atoms. The molecule has 0 saturated heterocycles. The first-order chi connectivity index (χ1) is 13.2. The molecule has 0 radical (unpaired) electrons. The third-order valence-electron chi connectivity index (χ3n) is 4.25. The van der Waals surface area contributed by atoms with Gasteiger partial charge in [0.2, 0.25) is 5.91 Å². The highest BCUT2D eigenvalue weighted by atomic mass is 16.3. The Balaban J connectivity index is 2.08. The van der Waals surface area contributed by atoms with Gasteiger partial charge in [0, 0.05) is 17.7 Å². The molecule has 3 rings (SSSR count). The molecule has 1 heterocycles. The van der Waals surface area contributed by atoms with Crippen LogP contribution in [0.2, 0.25) is 0 Å². The normalized spacial score (nSPS) is 16.2. The maximum Gasteiger partial charge on any atom is 0.254 e. The summed E-state index contributed by atoms with van der Waals surface area (Å²) in [6, 6.07) is 15.8. The van der Waals surface area contributed by atoms with Crippen molar-refractivity contribution in [1.82, 2.24) is 5.32 Å². The second kappa shape index (κ2) is 8.42. The highest BCUT2D eigenvalue weighted by Gasteiger charge is 2.32. The summed E-state index contributed by atoms with van der Waals surface area (Å²) >= 11 is 0. The van der Waals surface area contributed by atoms with Crippen LogP contribution in [0, 0.1) is 0 Å². The van der Waals surface area contributed by atoms with Gasteiger partial charge < -0.3 is 15.3 Å². The van der Waals surface area contributed by atoms with Gasteiger partial charge in [0.05, 0.1) is 18.0 Å². The topological polar surface area (TPSA) is 82.0 Å². The van der Waals surface area contributed by atoms with Gasteiger partial charge in [-0.1, -0.05) is 54.6 Å². The molecule has 138 valence electrons. The lowest BCUT2D eigenvalue weighted by molar-refractivity contribution is -0.124. The molecule has 2 aromatic carbocycles. The zero-order valence-corrected chi connectivity index (χ0v) is 14.8. The third-order valence-corrected chi connectivity index (χ3v) is 4.25. The minimum atomic E-state index is -0.972. The second-order valence-corrected chi connectivity index (χ2v) is 6.08. The fourth-order valence-corrected chi connectivity index (χ4v) is 2.98. The molecule has 1 atom stereocenters. The summed E-state index contributed by atoms with van der Waals surface area (Å²) in [5, 5.41) is 12.4. The van der Waals surface area contributed by atoms with Gasteiger partial charge in [-0.25, -0.2) is 0 Å². The molecule has 2 aromatic rings. The molecule has 1 aliphatic heterocycles. The number of nitrogens with one attached hydrogen (secondary N) is 1. The highest BCUT2D eigenvalue weighted by Crippen LogP contribution is 2.28. The van der Waals surface area contributed by atoms with E-state index >= 15 is 0 Å². The number of fused-ring (bicyclic) bond motifs is 1.